The average molecular weight is 1610 g/mol. The van der Waals surface area contributed by atoms with Crippen LogP contribution in [0.2, 0.25) is 0 Å². The van der Waals surface area contributed by atoms with Crippen LogP contribution in [0.3, 0.4) is 0 Å². The van der Waals surface area contributed by atoms with Gasteiger partial charge in [0.05, 0.1) is 64.2 Å². The number of aromatic amines is 2. The average Bonchev–Trinajstić information content (AvgIpc) is 1.68. The van der Waals surface area contributed by atoms with Gasteiger partial charge in [0.2, 0.25) is 59.1 Å². The number of carbonyl (C=O) groups is 13. The summed E-state index contributed by atoms with van der Waals surface area (Å²) in [6, 6.07) is 5.78. The van der Waals surface area contributed by atoms with Crippen molar-refractivity contribution in [1.82, 2.24) is 92.6 Å². The van der Waals surface area contributed by atoms with E-state index < -0.39 is 157 Å². The normalized spacial score (nSPS) is 17.3. The fourth-order valence-corrected chi connectivity index (χ4v) is 13.8. The molecule has 38 nitrogen and oxygen atoms in total. The number of aliphatic carboxylic acids is 3. The molecular formula is C77H119N19O19. The number of hydrogen-bond donors (Lipinski definition) is 19. The lowest BCUT2D eigenvalue weighted by Crippen LogP contribution is -2.60. The summed E-state index contributed by atoms with van der Waals surface area (Å²) < 4.78 is 0. The molecule has 0 aliphatic carbocycles. The third kappa shape index (κ3) is 33.7. The second-order valence-corrected chi connectivity index (χ2v) is 30.8. The minimum absolute atomic E-state index is 0.0227. The van der Waals surface area contributed by atoms with Crippen LogP contribution in [0, 0.1) is 17.8 Å². The lowest BCUT2D eigenvalue weighted by molar-refractivity contribution is -0.140. The number of nitrogens with one attached hydrogen (secondary N) is 12. The molecule has 4 aromatic rings. The van der Waals surface area contributed by atoms with Crippen LogP contribution < -0.4 is 58.9 Å². The van der Waals surface area contributed by atoms with E-state index in [1.165, 1.54) is 19.4 Å². The number of H-pyrrole nitrogens is 2. The van der Waals surface area contributed by atoms with Gasteiger partial charge in [0.25, 0.3) is 0 Å². The van der Waals surface area contributed by atoms with Crippen molar-refractivity contribution in [3.63, 3.8) is 0 Å². The minimum Gasteiger partial charge on any atom is -0.480 e. The van der Waals surface area contributed by atoms with Gasteiger partial charge >= 0.3 is 17.9 Å². The van der Waals surface area contributed by atoms with E-state index in [2.05, 4.69) is 68.1 Å². The molecule has 10 amide bonds. The SMILES string of the molecule is CC(C)C[C@H](NC(=O)C[C@H](O)[C@H](CC(C)C)NC(O)[C@H](Cc1cnc[nH]1)NC(=O)CNC(=O)[C@@H](NC(=O)[C@H](C)NC(=O)[C@H](Cc1c[nH]c2ccccc12)NC(=O)[C@H](CCO)NC(=O)[C@@H](Cc1ccccc1)NC(=O)CN1CCC(NC(=O)CN2CCN(CC(=O)O)CCN(CC(=O)O)CCN(CC(=O)O)CC2)CC1)C(C)C)C(N)=O. The van der Waals surface area contributed by atoms with Gasteiger partial charge < -0.3 is 94.2 Å². The van der Waals surface area contributed by atoms with E-state index in [-0.39, 0.29) is 147 Å². The van der Waals surface area contributed by atoms with E-state index in [0.29, 0.717) is 53.7 Å². The number of nitrogens with two attached hydrogens (primary N) is 1. The van der Waals surface area contributed by atoms with Crippen molar-refractivity contribution in [1.29, 1.82) is 0 Å². The van der Waals surface area contributed by atoms with Gasteiger partial charge in [-0.1, -0.05) is 90.1 Å². The van der Waals surface area contributed by atoms with Crippen LogP contribution in [0.4, 0.5) is 0 Å². The number of aliphatic hydroxyl groups is 3. The predicted octanol–water partition coefficient (Wildman–Crippen LogP) is -3.85. The standard InChI is InChI=1S/C77H119N19O19/c1-46(2)31-57(62(98)36-63(99)85-58(71(78)109)32-47(3)4)89-76(114)61(35-53-38-79-45-82-53)86-64(100)39-81-77(115)70(48(5)6)91-72(110)49(7)83-74(112)60(34-51-37-80-55-16-12-11-15-54(51)55)90-73(111)56(19-30-97)88-75(113)59(33-50-13-9-8-10-14-50)87-66(102)41-92-20-17-52(18-21-92)84-65(101)40-93-22-24-94(42-67(103)104)26-28-96(44-69(107)108)29-27-95(25-23-93)43-68(105)106/h8-16,37-38,45-49,52,56-62,70,76,80,89,97-98,114H,17-36,39-44H2,1-7H3,(H2,78,109)(H,79,82)(H,81,115)(H,83,112)(H,84,101)(H,85,99)(H,86,100)(H,87,102)(H,88,113)(H,90,111)(H,91,110)(H,103,104)(H,105,106)(H,107,108)/t49-,56-,57-,58-,59+,60-,61-,62-,70-,76?/m0/s1. The number of piperidine rings is 1. The Kier molecular flexibility index (Phi) is 38.9. The second kappa shape index (κ2) is 47.7. The predicted molar refractivity (Wildman–Crippen MR) is 421 cm³/mol. The third-order valence-corrected chi connectivity index (χ3v) is 19.9. The van der Waals surface area contributed by atoms with Crippen molar-refractivity contribution in [3.8, 4) is 0 Å². The molecule has 2 fully saturated rings. The van der Waals surface area contributed by atoms with Crippen molar-refractivity contribution >= 4 is 87.9 Å². The van der Waals surface area contributed by atoms with Gasteiger partial charge in [0.15, 0.2) is 0 Å². The van der Waals surface area contributed by atoms with Gasteiger partial charge in [-0.05, 0) is 74.0 Å². The maximum atomic E-state index is 14.6. The summed E-state index contributed by atoms with van der Waals surface area (Å²) in [7, 11) is 0. The summed E-state index contributed by atoms with van der Waals surface area (Å²) >= 11 is 0. The Morgan fingerprint density at radius 3 is 1.59 bits per heavy atom. The van der Waals surface area contributed by atoms with Crippen molar-refractivity contribution in [3.05, 3.63) is 90.1 Å². The first kappa shape index (κ1) is 93.8. The number of primary amides is 1. The largest absolute Gasteiger partial charge is 0.480 e. The van der Waals surface area contributed by atoms with Gasteiger partial charge in [-0.25, -0.2) is 4.98 Å². The summed E-state index contributed by atoms with van der Waals surface area (Å²) in [4.78, 5) is 192. The van der Waals surface area contributed by atoms with E-state index in [0.717, 1.165) is 0 Å². The van der Waals surface area contributed by atoms with Crippen LogP contribution in [0.25, 0.3) is 10.9 Å². The van der Waals surface area contributed by atoms with Gasteiger partial charge in [-0.15, -0.1) is 0 Å². The van der Waals surface area contributed by atoms with Crippen LogP contribution in [0.15, 0.2) is 73.3 Å². The zero-order valence-corrected chi connectivity index (χ0v) is 66.6. The third-order valence-electron chi connectivity index (χ3n) is 19.9. The molecular weight excluding hydrogens is 1490 g/mol. The molecule has 115 heavy (non-hydrogen) atoms. The first-order valence-corrected chi connectivity index (χ1v) is 39.1. The first-order valence-electron chi connectivity index (χ1n) is 39.1. The number of hydrogen-bond acceptors (Lipinski definition) is 23. The van der Waals surface area contributed by atoms with Crippen LogP contribution in [0.1, 0.15) is 104 Å². The molecule has 10 atom stereocenters. The fraction of sp³-hybridized carbons (Fsp3) is 0.610. The number of carboxylic acid groups (broad SMARTS) is 3. The monoisotopic (exact) mass is 1610 g/mol. The number of imidazole rings is 1. The van der Waals surface area contributed by atoms with Crippen LogP contribution in [0.5, 0.6) is 0 Å². The quantitative estimate of drug-likeness (QED) is 0.0188. The number of fused-ring (bicyclic) bond motifs is 1. The number of para-hydroxylation sites is 1. The molecule has 2 aromatic carbocycles. The molecule has 0 saturated carbocycles. The molecule has 0 bridgehead atoms. The Hall–Kier alpha value is -10.1. The zero-order valence-electron chi connectivity index (χ0n) is 66.6. The number of nitrogens with zero attached hydrogens (tertiary/aromatic N) is 6. The van der Waals surface area contributed by atoms with Gasteiger partial charge in [-0.3, -0.25) is 92.1 Å². The number of aliphatic hydroxyl groups excluding tert-OH is 3. The number of aromatic nitrogens is 3. The first-order chi connectivity index (χ1) is 54.6. The Morgan fingerprint density at radius 1 is 0.522 bits per heavy atom. The number of amides is 10. The molecule has 4 heterocycles. The number of benzene rings is 2. The van der Waals surface area contributed by atoms with Crippen molar-refractivity contribution in [2.45, 2.75) is 173 Å². The van der Waals surface area contributed by atoms with Crippen LogP contribution >= 0.6 is 0 Å². The van der Waals surface area contributed by atoms with Gasteiger partial charge in [0.1, 0.15) is 42.5 Å². The fourth-order valence-electron chi connectivity index (χ4n) is 13.8. The molecule has 636 valence electrons. The second-order valence-electron chi connectivity index (χ2n) is 30.8. The topological polar surface area (TPSA) is 550 Å². The lowest BCUT2D eigenvalue weighted by atomic mass is 9.95. The zero-order chi connectivity index (χ0) is 84.4. The Morgan fingerprint density at radius 2 is 1.04 bits per heavy atom. The molecule has 20 N–H and O–H groups in total. The Bertz CT molecular complexity index is 3790. The highest BCUT2D eigenvalue weighted by atomic mass is 16.4. The molecule has 0 spiro atoms. The molecule has 2 aliphatic heterocycles. The Labute approximate surface area is 668 Å². The van der Waals surface area contributed by atoms with E-state index >= 15 is 0 Å². The molecule has 6 rings (SSSR count). The van der Waals surface area contributed by atoms with Gasteiger partial charge in [-0.2, -0.15) is 0 Å². The van der Waals surface area contributed by atoms with Crippen molar-refractivity contribution < 1.29 is 93.0 Å². The van der Waals surface area contributed by atoms with E-state index in [1.54, 1.807) is 89.3 Å². The van der Waals surface area contributed by atoms with Crippen LogP contribution in [-0.4, -0.2) is 325 Å². The molecule has 2 aliphatic rings. The highest BCUT2D eigenvalue weighted by molar-refractivity contribution is 5.98. The van der Waals surface area contributed by atoms with Crippen molar-refractivity contribution in [2.75, 3.05) is 111 Å². The smallest absolute Gasteiger partial charge is 0.317 e. The molecule has 0 radical (unpaired) electrons. The summed E-state index contributed by atoms with van der Waals surface area (Å²) in [5.41, 5.74) is 7.96. The lowest BCUT2D eigenvalue weighted by Gasteiger charge is -2.34. The summed E-state index contributed by atoms with van der Waals surface area (Å²) in [5, 5.41) is 90.3. The summed E-state index contributed by atoms with van der Waals surface area (Å²) in [6.45, 7) is 12.2. The maximum absolute atomic E-state index is 14.6. The summed E-state index contributed by atoms with van der Waals surface area (Å²) in [5.74, 6) is -11.1. The molecule has 38 heteroatoms. The Balaban J connectivity index is 1.07. The van der Waals surface area contributed by atoms with Gasteiger partial charge in [0, 0.05) is 132 Å². The van der Waals surface area contributed by atoms with E-state index in [9.17, 15) is 93.0 Å². The number of carbonyl (C=O) groups excluding carboxylic acids is 10. The molecule has 2 aromatic heterocycles. The number of carboxylic acids is 3. The highest BCUT2D eigenvalue weighted by Gasteiger charge is 2.36. The highest BCUT2D eigenvalue weighted by Crippen LogP contribution is 2.21. The number of rotatable bonds is 45. The van der Waals surface area contributed by atoms with Crippen molar-refractivity contribution in [2.24, 2.45) is 23.5 Å². The minimum atomic E-state index is -1.56. The van der Waals surface area contributed by atoms with E-state index in [1.807, 2.05) is 37.5 Å². The van der Waals surface area contributed by atoms with E-state index in [4.69, 9.17) is 5.73 Å². The molecule has 2 saturated heterocycles. The van der Waals surface area contributed by atoms with Crippen LogP contribution in [-0.2, 0) is 81.6 Å². The maximum Gasteiger partial charge on any atom is 0.317 e. The molecule has 1 unspecified atom stereocenters. The number of likely N-dealkylation sites (tertiary alicyclic amines) is 1. The summed E-state index contributed by atoms with van der Waals surface area (Å²) in [6.07, 6.45) is 1.99.